The summed E-state index contributed by atoms with van der Waals surface area (Å²) in [5.74, 6) is 0.889. The lowest BCUT2D eigenvalue weighted by atomic mass is 9.58. The average molecular weight is 229 g/mol. The molecule has 2 heteroatoms. The topological polar surface area (TPSA) is 9.23 Å². The molecule has 0 aliphatic heterocycles. The van der Waals surface area contributed by atoms with Crippen molar-refractivity contribution in [2.75, 3.05) is 6.61 Å². The van der Waals surface area contributed by atoms with Gasteiger partial charge in [0.05, 0.1) is 6.10 Å². The molecule has 0 saturated heterocycles. The summed E-state index contributed by atoms with van der Waals surface area (Å²) in [7, 11) is 0. The van der Waals surface area contributed by atoms with Crippen molar-refractivity contribution in [1.29, 1.82) is 0 Å². The fourth-order valence-corrected chi connectivity index (χ4v) is 3.84. The minimum absolute atomic E-state index is 0.384. The second kappa shape index (κ2) is 3.92. The van der Waals surface area contributed by atoms with Crippen LogP contribution >= 0.6 is 11.6 Å². The van der Waals surface area contributed by atoms with E-state index in [1.807, 2.05) is 0 Å². The summed E-state index contributed by atoms with van der Waals surface area (Å²) >= 11 is 6.43. The molecular weight excluding hydrogens is 208 g/mol. The van der Waals surface area contributed by atoms with E-state index in [1.54, 1.807) is 0 Å². The van der Waals surface area contributed by atoms with Crippen molar-refractivity contribution >= 4 is 11.6 Å². The number of alkyl halides is 1. The van der Waals surface area contributed by atoms with Gasteiger partial charge in [0.2, 0.25) is 0 Å². The molecule has 3 rings (SSSR count). The Kier molecular flexibility index (Phi) is 2.72. The van der Waals surface area contributed by atoms with E-state index in [4.69, 9.17) is 16.3 Å². The molecule has 1 nitrogen and oxygen atoms in total. The van der Waals surface area contributed by atoms with Crippen LogP contribution in [0, 0.1) is 11.3 Å². The van der Waals surface area contributed by atoms with E-state index in [1.165, 1.54) is 44.9 Å². The van der Waals surface area contributed by atoms with Gasteiger partial charge in [-0.05, 0) is 38.0 Å². The van der Waals surface area contributed by atoms with Crippen LogP contribution in [0.1, 0.15) is 51.4 Å². The molecule has 0 radical (unpaired) electrons. The van der Waals surface area contributed by atoms with Crippen molar-refractivity contribution in [3.8, 4) is 0 Å². The van der Waals surface area contributed by atoms with Gasteiger partial charge in [-0.25, -0.2) is 0 Å². The maximum absolute atomic E-state index is 6.43. The third kappa shape index (κ3) is 1.82. The van der Waals surface area contributed by atoms with Crippen LogP contribution in [0.2, 0.25) is 0 Å². The maximum atomic E-state index is 6.43. The number of ether oxygens (including phenoxy) is 1. The molecule has 0 aromatic rings. The van der Waals surface area contributed by atoms with Gasteiger partial charge < -0.3 is 4.74 Å². The lowest BCUT2D eigenvalue weighted by Crippen LogP contribution is -2.56. The minimum Gasteiger partial charge on any atom is -0.377 e. The highest BCUT2D eigenvalue weighted by Gasteiger charge is 2.55. The van der Waals surface area contributed by atoms with Crippen molar-refractivity contribution in [3.63, 3.8) is 0 Å². The van der Waals surface area contributed by atoms with Gasteiger partial charge in [-0.15, -0.1) is 11.6 Å². The fourth-order valence-electron chi connectivity index (χ4n) is 3.31. The van der Waals surface area contributed by atoms with Gasteiger partial charge in [0.25, 0.3) is 0 Å². The molecule has 3 aliphatic rings. The van der Waals surface area contributed by atoms with Crippen molar-refractivity contribution in [3.05, 3.63) is 0 Å². The second-order valence-corrected chi connectivity index (χ2v) is 6.29. The van der Waals surface area contributed by atoms with Crippen LogP contribution in [0.3, 0.4) is 0 Å². The second-order valence-electron chi connectivity index (χ2n) is 5.76. The summed E-state index contributed by atoms with van der Waals surface area (Å²) in [6.45, 7) is 1.01. The van der Waals surface area contributed by atoms with Crippen LogP contribution < -0.4 is 0 Å². The summed E-state index contributed by atoms with van der Waals surface area (Å²) in [6, 6.07) is 0. The lowest BCUT2D eigenvalue weighted by Gasteiger charge is -2.55. The molecule has 3 aliphatic carbocycles. The summed E-state index contributed by atoms with van der Waals surface area (Å²) < 4.78 is 6.08. The highest BCUT2D eigenvalue weighted by atomic mass is 35.5. The van der Waals surface area contributed by atoms with Crippen molar-refractivity contribution in [2.45, 2.75) is 62.8 Å². The Labute approximate surface area is 97.5 Å². The van der Waals surface area contributed by atoms with E-state index in [0.717, 1.165) is 18.9 Å². The summed E-state index contributed by atoms with van der Waals surface area (Å²) in [5.41, 5.74) is 0.384. The monoisotopic (exact) mass is 228 g/mol. The molecule has 2 unspecified atom stereocenters. The van der Waals surface area contributed by atoms with Crippen LogP contribution in [-0.4, -0.2) is 18.1 Å². The SMILES string of the molecule is ClC1CC(OCC2CC2)C12CCCCC2. The highest BCUT2D eigenvalue weighted by molar-refractivity contribution is 6.21. The molecule has 86 valence electrons. The minimum atomic E-state index is 0.384. The molecule has 0 aromatic heterocycles. The van der Waals surface area contributed by atoms with Crippen LogP contribution in [0.5, 0.6) is 0 Å². The zero-order valence-electron chi connectivity index (χ0n) is 9.38. The molecule has 2 atom stereocenters. The lowest BCUT2D eigenvalue weighted by molar-refractivity contribution is -0.126. The van der Waals surface area contributed by atoms with Gasteiger partial charge in [-0.3, -0.25) is 0 Å². The third-order valence-corrected chi connectivity index (χ3v) is 5.31. The van der Waals surface area contributed by atoms with E-state index >= 15 is 0 Å². The molecule has 0 amide bonds. The first kappa shape index (κ1) is 10.4. The van der Waals surface area contributed by atoms with Gasteiger partial charge in [0.1, 0.15) is 0 Å². The Morgan fingerprint density at radius 2 is 1.87 bits per heavy atom. The molecule has 1 spiro atoms. The summed E-state index contributed by atoms with van der Waals surface area (Å²) in [6.07, 6.45) is 11.2. The van der Waals surface area contributed by atoms with Crippen molar-refractivity contribution in [2.24, 2.45) is 11.3 Å². The Balaban J connectivity index is 1.57. The number of hydrogen-bond donors (Lipinski definition) is 0. The predicted molar refractivity (Wildman–Crippen MR) is 62.2 cm³/mol. The van der Waals surface area contributed by atoms with Crippen molar-refractivity contribution in [1.82, 2.24) is 0 Å². The van der Waals surface area contributed by atoms with E-state index in [9.17, 15) is 0 Å². The average Bonchev–Trinajstić information content (AvgIpc) is 3.09. The largest absolute Gasteiger partial charge is 0.377 e. The maximum Gasteiger partial charge on any atom is 0.0659 e. The number of hydrogen-bond acceptors (Lipinski definition) is 1. The Hall–Kier alpha value is 0.250. The summed E-state index contributed by atoms with van der Waals surface area (Å²) in [5, 5.41) is 0.405. The Morgan fingerprint density at radius 1 is 1.13 bits per heavy atom. The Bertz CT molecular complexity index is 231. The standard InChI is InChI=1S/C13H21ClO/c14-11-8-12(15-9-10-4-5-10)13(11)6-2-1-3-7-13/h10-12H,1-9H2. The van der Waals surface area contributed by atoms with Crippen molar-refractivity contribution < 1.29 is 4.74 Å². The Morgan fingerprint density at radius 3 is 2.47 bits per heavy atom. The van der Waals surface area contributed by atoms with E-state index in [0.29, 0.717) is 16.9 Å². The summed E-state index contributed by atoms with van der Waals surface area (Å²) in [4.78, 5) is 0. The molecule has 0 N–H and O–H groups in total. The first-order chi connectivity index (χ1) is 7.31. The van der Waals surface area contributed by atoms with Gasteiger partial charge >= 0.3 is 0 Å². The molecular formula is C13H21ClO. The quantitative estimate of drug-likeness (QED) is 0.669. The van der Waals surface area contributed by atoms with Gasteiger partial charge in [-0.1, -0.05) is 19.3 Å². The van der Waals surface area contributed by atoms with Crippen LogP contribution in [-0.2, 0) is 4.74 Å². The van der Waals surface area contributed by atoms with Gasteiger partial charge in [-0.2, -0.15) is 0 Å². The van der Waals surface area contributed by atoms with Crippen LogP contribution in [0.4, 0.5) is 0 Å². The predicted octanol–water partition coefficient (Wildman–Crippen LogP) is 3.74. The smallest absolute Gasteiger partial charge is 0.0659 e. The van der Waals surface area contributed by atoms with E-state index < -0.39 is 0 Å². The van der Waals surface area contributed by atoms with Crippen LogP contribution in [0.25, 0.3) is 0 Å². The van der Waals surface area contributed by atoms with E-state index in [2.05, 4.69) is 0 Å². The normalized spacial score (nSPS) is 39.0. The van der Waals surface area contributed by atoms with Crippen LogP contribution in [0.15, 0.2) is 0 Å². The fraction of sp³-hybridized carbons (Fsp3) is 1.00. The molecule has 0 bridgehead atoms. The zero-order valence-corrected chi connectivity index (χ0v) is 10.1. The number of halogens is 1. The zero-order chi connectivity index (χ0) is 10.3. The number of rotatable bonds is 3. The first-order valence-corrected chi connectivity index (χ1v) is 7.00. The highest BCUT2D eigenvalue weighted by Crippen LogP contribution is 2.56. The van der Waals surface area contributed by atoms with E-state index in [-0.39, 0.29) is 0 Å². The van der Waals surface area contributed by atoms with Gasteiger partial charge in [0.15, 0.2) is 0 Å². The molecule has 0 heterocycles. The molecule has 15 heavy (non-hydrogen) atoms. The molecule has 3 saturated carbocycles. The first-order valence-electron chi connectivity index (χ1n) is 6.57. The van der Waals surface area contributed by atoms with Gasteiger partial charge in [0, 0.05) is 17.4 Å². The molecule has 3 fully saturated rings. The third-order valence-electron chi connectivity index (χ3n) is 4.70. The molecule has 0 aromatic carbocycles.